The molecule has 1 unspecified atom stereocenters. The lowest BCUT2D eigenvalue weighted by molar-refractivity contribution is 0.455. The zero-order valence-electron chi connectivity index (χ0n) is 11.1. The van der Waals surface area contributed by atoms with E-state index in [-0.39, 0.29) is 0 Å². The molecule has 17 heavy (non-hydrogen) atoms. The predicted octanol–water partition coefficient (Wildman–Crippen LogP) is 4.72. The number of nitrogens with one attached hydrogen (secondary N) is 1. The van der Waals surface area contributed by atoms with E-state index in [0.29, 0.717) is 0 Å². The zero-order chi connectivity index (χ0) is 12.7. The summed E-state index contributed by atoms with van der Waals surface area (Å²) in [6.07, 6.45) is 3.82. The van der Waals surface area contributed by atoms with E-state index in [9.17, 15) is 0 Å². The number of hydrogen-bond donors (Lipinski definition) is 1. The van der Waals surface area contributed by atoms with Gasteiger partial charge in [-0.1, -0.05) is 20.8 Å². The van der Waals surface area contributed by atoms with Crippen LogP contribution in [-0.4, -0.2) is 13.1 Å². The summed E-state index contributed by atoms with van der Waals surface area (Å²) in [6.45, 7) is 9.17. The van der Waals surface area contributed by atoms with Gasteiger partial charge in [-0.25, -0.2) is 0 Å². The highest BCUT2D eigenvalue weighted by molar-refractivity contribution is 9.11. The first-order chi connectivity index (χ1) is 8.08. The van der Waals surface area contributed by atoms with Crippen molar-refractivity contribution in [2.24, 2.45) is 11.8 Å². The molecule has 1 nitrogen and oxygen atoms in total. The molecule has 0 aromatic carbocycles. The first-order valence-electron chi connectivity index (χ1n) is 6.53. The molecule has 0 aliphatic heterocycles. The van der Waals surface area contributed by atoms with E-state index in [2.05, 4.69) is 54.2 Å². The van der Waals surface area contributed by atoms with Gasteiger partial charge in [-0.15, -0.1) is 11.3 Å². The van der Waals surface area contributed by atoms with Crippen molar-refractivity contribution in [2.75, 3.05) is 13.1 Å². The van der Waals surface area contributed by atoms with Crippen LogP contribution in [0.4, 0.5) is 0 Å². The largest absolute Gasteiger partial charge is 0.316 e. The Morgan fingerprint density at radius 2 is 2.00 bits per heavy atom. The van der Waals surface area contributed by atoms with Gasteiger partial charge in [0.1, 0.15) is 0 Å². The minimum absolute atomic E-state index is 0.758. The van der Waals surface area contributed by atoms with Crippen molar-refractivity contribution in [3.05, 3.63) is 20.8 Å². The van der Waals surface area contributed by atoms with Crippen molar-refractivity contribution in [3.8, 4) is 0 Å². The van der Waals surface area contributed by atoms with Crippen LogP contribution >= 0.6 is 27.3 Å². The lowest BCUT2D eigenvalue weighted by Crippen LogP contribution is -2.22. The Morgan fingerprint density at radius 3 is 2.59 bits per heavy atom. The summed E-state index contributed by atoms with van der Waals surface area (Å²) in [7, 11) is 0. The molecule has 1 N–H and O–H groups in total. The van der Waals surface area contributed by atoms with Gasteiger partial charge in [0, 0.05) is 4.88 Å². The summed E-state index contributed by atoms with van der Waals surface area (Å²) in [5.74, 6) is 1.57. The van der Waals surface area contributed by atoms with Crippen molar-refractivity contribution in [1.29, 1.82) is 0 Å². The van der Waals surface area contributed by atoms with Gasteiger partial charge in [-0.3, -0.25) is 0 Å². The quantitative estimate of drug-likeness (QED) is 0.684. The van der Waals surface area contributed by atoms with Crippen molar-refractivity contribution in [1.82, 2.24) is 5.32 Å². The number of halogens is 1. The molecule has 0 bridgehead atoms. The van der Waals surface area contributed by atoms with Crippen LogP contribution in [0, 0.1) is 11.8 Å². The molecule has 0 amide bonds. The fraction of sp³-hybridized carbons (Fsp3) is 0.714. The Bertz CT molecular complexity index is 309. The second-order valence-electron chi connectivity index (χ2n) is 5.24. The number of aryl methyl sites for hydroxylation is 1. The van der Waals surface area contributed by atoms with Crippen molar-refractivity contribution >= 4 is 27.3 Å². The van der Waals surface area contributed by atoms with Crippen LogP contribution in [0.25, 0.3) is 0 Å². The molecule has 1 atom stereocenters. The molecule has 0 aliphatic carbocycles. The maximum atomic E-state index is 3.51. The van der Waals surface area contributed by atoms with E-state index in [4.69, 9.17) is 0 Å². The first-order valence-corrected chi connectivity index (χ1v) is 8.13. The summed E-state index contributed by atoms with van der Waals surface area (Å²) in [5.41, 5.74) is 0. The van der Waals surface area contributed by atoms with Gasteiger partial charge in [0.2, 0.25) is 0 Å². The van der Waals surface area contributed by atoms with Crippen LogP contribution in [0.1, 0.15) is 38.5 Å². The Balaban J connectivity index is 2.07. The highest BCUT2D eigenvalue weighted by Gasteiger charge is 2.04. The average Bonchev–Trinajstić information content (AvgIpc) is 2.67. The first kappa shape index (κ1) is 15.2. The molecule has 0 saturated carbocycles. The average molecular weight is 318 g/mol. The van der Waals surface area contributed by atoms with Crippen molar-refractivity contribution < 1.29 is 0 Å². The molecule has 0 fully saturated rings. The second-order valence-corrected chi connectivity index (χ2v) is 7.78. The normalized spacial score (nSPS) is 13.2. The Hall–Kier alpha value is 0.140. The van der Waals surface area contributed by atoms with E-state index in [1.54, 1.807) is 0 Å². The van der Waals surface area contributed by atoms with Gasteiger partial charge in [0.25, 0.3) is 0 Å². The standard InChI is InChI=1S/C14H24BrNS/c1-11(2)10-16-9-8-12(3)4-5-13-6-7-14(15)17-13/h6-7,11-12,16H,4-5,8-10H2,1-3H3. The molecule has 98 valence electrons. The summed E-state index contributed by atoms with van der Waals surface area (Å²) >= 11 is 5.38. The molecule has 1 aromatic rings. The van der Waals surface area contributed by atoms with Crippen LogP contribution in [-0.2, 0) is 6.42 Å². The van der Waals surface area contributed by atoms with E-state index >= 15 is 0 Å². The third-order valence-electron chi connectivity index (χ3n) is 2.88. The van der Waals surface area contributed by atoms with E-state index in [1.807, 2.05) is 11.3 Å². The molecule has 1 aromatic heterocycles. The van der Waals surface area contributed by atoms with Crippen LogP contribution in [0.2, 0.25) is 0 Å². The van der Waals surface area contributed by atoms with Crippen molar-refractivity contribution in [3.63, 3.8) is 0 Å². The lowest BCUT2D eigenvalue weighted by atomic mass is 10.0. The predicted molar refractivity (Wildman–Crippen MR) is 81.8 cm³/mol. The highest BCUT2D eigenvalue weighted by atomic mass is 79.9. The summed E-state index contributed by atoms with van der Waals surface area (Å²) in [6, 6.07) is 4.38. The number of rotatable bonds is 8. The highest BCUT2D eigenvalue weighted by Crippen LogP contribution is 2.24. The van der Waals surface area contributed by atoms with Crippen LogP contribution in [0.5, 0.6) is 0 Å². The summed E-state index contributed by atoms with van der Waals surface area (Å²) < 4.78 is 1.25. The molecular weight excluding hydrogens is 294 g/mol. The lowest BCUT2D eigenvalue weighted by Gasteiger charge is -2.12. The van der Waals surface area contributed by atoms with Crippen LogP contribution in [0.15, 0.2) is 15.9 Å². The zero-order valence-corrected chi connectivity index (χ0v) is 13.5. The maximum absolute atomic E-state index is 3.51. The van der Waals surface area contributed by atoms with Gasteiger partial charge in [0.15, 0.2) is 0 Å². The monoisotopic (exact) mass is 317 g/mol. The molecular formula is C14H24BrNS. The maximum Gasteiger partial charge on any atom is 0.0701 e. The van der Waals surface area contributed by atoms with Gasteiger partial charge in [0.05, 0.1) is 3.79 Å². The van der Waals surface area contributed by atoms with Gasteiger partial charge < -0.3 is 5.32 Å². The number of thiophene rings is 1. The van der Waals surface area contributed by atoms with Crippen molar-refractivity contribution in [2.45, 2.75) is 40.0 Å². The molecule has 3 heteroatoms. The second kappa shape index (κ2) is 8.28. The van der Waals surface area contributed by atoms with E-state index in [0.717, 1.165) is 24.9 Å². The number of hydrogen-bond acceptors (Lipinski definition) is 2. The molecule has 1 rings (SSSR count). The van der Waals surface area contributed by atoms with Gasteiger partial charge in [-0.2, -0.15) is 0 Å². The van der Waals surface area contributed by atoms with E-state index < -0.39 is 0 Å². The minimum Gasteiger partial charge on any atom is -0.316 e. The smallest absolute Gasteiger partial charge is 0.0701 e. The van der Waals surface area contributed by atoms with Gasteiger partial charge in [-0.05, 0) is 72.3 Å². The minimum atomic E-state index is 0.758. The Kier molecular flexibility index (Phi) is 7.40. The van der Waals surface area contributed by atoms with E-state index in [1.165, 1.54) is 27.9 Å². The Morgan fingerprint density at radius 1 is 1.24 bits per heavy atom. The SMILES string of the molecule is CC(C)CNCCC(C)CCc1ccc(Br)s1. The third kappa shape index (κ3) is 7.22. The fourth-order valence-electron chi connectivity index (χ4n) is 1.76. The topological polar surface area (TPSA) is 12.0 Å². The summed E-state index contributed by atoms with van der Waals surface area (Å²) in [5, 5.41) is 3.51. The molecule has 0 aliphatic rings. The van der Waals surface area contributed by atoms with Crippen LogP contribution in [0.3, 0.4) is 0 Å². The molecule has 0 spiro atoms. The molecule has 1 heterocycles. The van der Waals surface area contributed by atoms with Crippen LogP contribution < -0.4 is 5.32 Å². The molecule has 0 radical (unpaired) electrons. The van der Waals surface area contributed by atoms with Gasteiger partial charge >= 0.3 is 0 Å². The summed E-state index contributed by atoms with van der Waals surface area (Å²) in [4.78, 5) is 1.50. The Labute approximate surface area is 118 Å². The fourth-order valence-corrected chi connectivity index (χ4v) is 3.26. The third-order valence-corrected chi connectivity index (χ3v) is 4.56. The molecule has 0 saturated heterocycles.